The Bertz CT molecular complexity index is 526. The molecule has 1 aromatic heterocycles. The molecule has 2 rings (SSSR count). The number of hydrogen-bond acceptors (Lipinski definition) is 3. The summed E-state index contributed by atoms with van der Waals surface area (Å²) in [5, 5.41) is 8.91. The number of carbonyl (C=O) groups is 2. The van der Waals surface area contributed by atoms with Crippen LogP contribution in [0.4, 0.5) is 0 Å². The van der Waals surface area contributed by atoms with Crippen molar-refractivity contribution in [1.82, 2.24) is 4.90 Å². The summed E-state index contributed by atoms with van der Waals surface area (Å²) < 4.78 is 5.25. The quantitative estimate of drug-likeness (QED) is 0.926. The fourth-order valence-corrected chi connectivity index (χ4v) is 3.02. The Kier molecular flexibility index (Phi) is 4.70. The van der Waals surface area contributed by atoms with E-state index in [1.165, 1.54) is 6.26 Å². The van der Waals surface area contributed by atoms with Crippen LogP contribution in [0.15, 0.2) is 10.7 Å². The van der Waals surface area contributed by atoms with E-state index >= 15 is 0 Å². The van der Waals surface area contributed by atoms with E-state index in [1.807, 2.05) is 0 Å². The lowest BCUT2D eigenvalue weighted by molar-refractivity contribution is -0.136. The van der Waals surface area contributed by atoms with Gasteiger partial charge >= 0.3 is 5.97 Å². The number of carbonyl (C=O) groups excluding carboxylic acids is 1. The van der Waals surface area contributed by atoms with Gasteiger partial charge in [0.05, 0.1) is 11.8 Å². The first-order valence-electron chi connectivity index (χ1n) is 7.46. The van der Waals surface area contributed by atoms with Crippen LogP contribution in [-0.4, -0.2) is 35.0 Å². The Balaban J connectivity index is 2.15. The molecule has 1 saturated carbocycles. The van der Waals surface area contributed by atoms with Crippen molar-refractivity contribution < 1.29 is 19.1 Å². The molecule has 5 nitrogen and oxygen atoms in total. The van der Waals surface area contributed by atoms with Crippen molar-refractivity contribution in [3.8, 4) is 0 Å². The smallest absolute Gasteiger partial charge is 0.311 e. The molecule has 1 amide bonds. The van der Waals surface area contributed by atoms with Gasteiger partial charge in [0.2, 0.25) is 0 Å². The van der Waals surface area contributed by atoms with E-state index in [4.69, 9.17) is 9.52 Å². The predicted molar refractivity (Wildman–Crippen MR) is 78.3 cm³/mol. The zero-order chi connectivity index (χ0) is 15.6. The van der Waals surface area contributed by atoms with Gasteiger partial charge in [-0.05, 0) is 38.5 Å². The second kappa shape index (κ2) is 6.33. The molecule has 5 heteroatoms. The summed E-state index contributed by atoms with van der Waals surface area (Å²) in [6, 6.07) is 0.237. The highest BCUT2D eigenvalue weighted by atomic mass is 16.4. The number of carboxylic acid groups (broad SMARTS) is 1. The summed E-state index contributed by atoms with van der Waals surface area (Å²) in [6.45, 7) is 4.02. The summed E-state index contributed by atoms with van der Waals surface area (Å²) >= 11 is 0. The first kappa shape index (κ1) is 15.6. The number of amides is 1. The number of aliphatic carboxylic acids is 1. The minimum atomic E-state index is -0.993. The van der Waals surface area contributed by atoms with Crippen molar-refractivity contribution in [3.05, 3.63) is 23.2 Å². The first-order chi connectivity index (χ1) is 9.90. The molecule has 0 aromatic carbocycles. The van der Waals surface area contributed by atoms with E-state index in [1.54, 1.807) is 18.9 Å². The average molecular weight is 293 g/mol. The molecule has 0 bridgehead atoms. The van der Waals surface area contributed by atoms with Gasteiger partial charge in [0, 0.05) is 18.7 Å². The zero-order valence-corrected chi connectivity index (χ0v) is 12.9. The number of hydrogen-bond donors (Lipinski definition) is 1. The van der Waals surface area contributed by atoms with Gasteiger partial charge in [0.25, 0.3) is 5.91 Å². The van der Waals surface area contributed by atoms with E-state index in [9.17, 15) is 9.59 Å². The lowest BCUT2D eigenvalue weighted by Crippen LogP contribution is -2.39. The Morgan fingerprint density at radius 3 is 2.52 bits per heavy atom. The molecule has 0 spiro atoms. The molecule has 0 unspecified atom stereocenters. The van der Waals surface area contributed by atoms with Crippen molar-refractivity contribution in [2.45, 2.75) is 52.0 Å². The predicted octanol–water partition coefficient (Wildman–Crippen LogP) is 2.87. The molecular formula is C16H23NO4. The molecule has 21 heavy (non-hydrogen) atoms. The summed E-state index contributed by atoms with van der Waals surface area (Å²) in [5.41, 5.74) is 1.12. The van der Waals surface area contributed by atoms with Crippen molar-refractivity contribution in [1.29, 1.82) is 0 Å². The molecular weight excluding hydrogens is 270 g/mol. The van der Waals surface area contributed by atoms with Crippen LogP contribution in [0.3, 0.4) is 0 Å². The van der Waals surface area contributed by atoms with Gasteiger partial charge in [-0.25, -0.2) is 0 Å². The van der Waals surface area contributed by atoms with Crippen molar-refractivity contribution >= 4 is 11.9 Å². The summed E-state index contributed by atoms with van der Waals surface area (Å²) in [5.74, 6) is -0.145. The molecule has 116 valence electrons. The number of carboxylic acids is 1. The molecule has 1 aliphatic rings. The maximum Gasteiger partial charge on any atom is 0.311 e. The number of nitrogens with zero attached hydrogens (tertiary/aromatic N) is 1. The molecule has 0 radical (unpaired) electrons. The Morgan fingerprint density at radius 1 is 1.33 bits per heavy atom. The van der Waals surface area contributed by atoms with Crippen molar-refractivity contribution in [3.63, 3.8) is 0 Å². The van der Waals surface area contributed by atoms with Gasteiger partial charge in [-0.2, -0.15) is 0 Å². The Morgan fingerprint density at radius 2 is 1.95 bits per heavy atom. The van der Waals surface area contributed by atoms with Gasteiger partial charge in [-0.1, -0.05) is 6.92 Å². The van der Waals surface area contributed by atoms with Gasteiger partial charge < -0.3 is 14.4 Å². The molecule has 1 fully saturated rings. The maximum atomic E-state index is 12.7. The SMILES string of the molecule is Cc1coc(CC(=O)O)c1C(=O)N(C)C1CCC(C)CC1. The van der Waals surface area contributed by atoms with Crippen LogP contribution >= 0.6 is 0 Å². The normalized spacial score (nSPS) is 22.0. The number of furan rings is 1. The lowest BCUT2D eigenvalue weighted by atomic mass is 9.86. The fraction of sp³-hybridized carbons (Fsp3) is 0.625. The van der Waals surface area contributed by atoms with E-state index in [0.29, 0.717) is 11.1 Å². The molecule has 0 aliphatic heterocycles. The molecule has 1 aromatic rings. The number of aryl methyl sites for hydroxylation is 1. The summed E-state index contributed by atoms with van der Waals surface area (Å²) in [4.78, 5) is 25.3. The van der Waals surface area contributed by atoms with Crippen LogP contribution in [0.25, 0.3) is 0 Å². The van der Waals surface area contributed by atoms with Crippen molar-refractivity contribution in [2.75, 3.05) is 7.05 Å². The molecule has 1 heterocycles. The molecule has 1 aliphatic carbocycles. The summed E-state index contributed by atoms with van der Waals surface area (Å²) in [7, 11) is 1.81. The van der Waals surface area contributed by atoms with E-state index in [-0.39, 0.29) is 24.1 Å². The third-order valence-corrected chi connectivity index (χ3v) is 4.43. The third kappa shape index (κ3) is 3.46. The largest absolute Gasteiger partial charge is 0.481 e. The summed E-state index contributed by atoms with van der Waals surface area (Å²) in [6.07, 6.45) is 5.49. The number of rotatable bonds is 4. The van der Waals surface area contributed by atoms with Crippen LogP contribution in [0.5, 0.6) is 0 Å². The van der Waals surface area contributed by atoms with Crippen LogP contribution in [-0.2, 0) is 11.2 Å². The fourth-order valence-electron chi connectivity index (χ4n) is 3.02. The van der Waals surface area contributed by atoms with Gasteiger partial charge in [0.1, 0.15) is 12.2 Å². The van der Waals surface area contributed by atoms with Gasteiger partial charge in [0.15, 0.2) is 0 Å². The van der Waals surface area contributed by atoms with Gasteiger partial charge in [-0.15, -0.1) is 0 Å². The second-order valence-electron chi connectivity index (χ2n) is 6.12. The monoisotopic (exact) mass is 293 g/mol. The van der Waals surface area contributed by atoms with Crippen LogP contribution in [0.2, 0.25) is 0 Å². The topological polar surface area (TPSA) is 70.7 Å². The zero-order valence-electron chi connectivity index (χ0n) is 12.9. The highest BCUT2D eigenvalue weighted by Crippen LogP contribution is 2.28. The standard InChI is InChI=1S/C16H23NO4/c1-10-4-6-12(7-5-10)17(3)16(20)15-11(2)9-21-13(15)8-14(18)19/h9-10,12H,4-8H2,1-3H3,(H,18,19). The Hall–Kier alpha value is -1.78. The molecule has 0 atom stereocenters. The second-order valence-corrected chi connectivity index (χ2v) is 6.12. The lowest BCUT2D eigenvalue weighted by Gasteiger charge is -2.33. The van der Waals surface area contributed by atoms with Crippen LogP contribution < -0.4 is 0 Å². The highest BCUT2D eigenvalue weighted by molar-refractivity contribution is 5.97. The Labute approximate surface area is 124 Å². The van der Waals surface area contributed by atoms with Crippen LogP contribution in [0, 0.1) is 12.8 Å². The van der Waals surface area contributed by atoms with Crippen LogP contribution in [0.1, 0.15) is 54.3 Å². The highest BCUT2D eigenvalue weighted by Gasteiger charge is 2.29. The van der Waals surface area contributed by atoms with E-state index < -0.39 is 5.97 Å². The molecule has 1 N–H and O–H groups in total. The third-order valence-electron chi connectivity index (χ3n) is 4.43. The molecule has 0 saturated heterocycles. The van der Waals surface area contributed by atoms with Crippen molar-refractivity contribution in [2.24, 2.45) is 5.92 Å². The van der Waals surface area contributed by atoms with Gasteiger partial charge in [-0.3, -0.25) is 9.59 Å². The average Bonchev–Trinajstić information content (AvgIpc) is 2.78. The minimum Gasteiger partial charge on any atom is -0.481 e. The first-order valence-corrected chi connectivity index (χ1v) is 7.46. The maximum absolute atomic E-state index is 12.7. The minimum absolute atomic E-state index is 0.128. The van der Waals surface area contributed by atoms with E-state index in [0.717, 1.165) is 31.6 Å². The van der Waals surface area contributed by atoms with E-state index in [2.05, 4.69) is 6.92 Å².